The Balaban J connectivity index is 2.16. The number of nitrogen functional groups attached to an aromatic ring is 1. The van der Waals surface area contributed by atoms with E-state index in [0.717, 1.165) is 31.6 Å². The Morgan fingerprint density at radius 2 is 1.86 bits per heavy atom. The van der Waals surface area contributed by atoms with Crippen molar-refractivity contribution in [3.8, 4) is 11.5 Å². The smallest absolute Gasteiger partial charge is 0.203 e. The van der Waals surface area contributed by atoms with Crippen molar-refractivity contribution in [3.63, 3.8) is 0 Å². The van der Waals surface area contributed by atoms with Crippen molar-refractivity contribution in [2.75, 3.05) is 18.9 Å². The first kappa shape index (κ1) is 16.4. The van der Waals surface area contributed by atoms with Gasteiger partial charge in [0, 0.05) is 10.2 Å². The molecule has 0 aliphatic rings. The number of rotatable bonds is 7. The Morgan fingerprint density at radius 1 is 1.19 bits per heavy atom. The maximum atomic E-state index is 5.64. The molecule has 0 aliphatic carbocycles. The zero-order valence-corrected chi connectivity index (χ0v) is 15.0. The van der Waals surface area contributed by atoms with Crippen LogP contribution in [0, 0.1) is 0 Å². The van der Waals surface area contributed by atoms with Crippen molar-refractivity contribution in [3.05, 3.63) is 22.2 Å². The average molecular weight is 390 g/mol. The van der Waals surface area contributed by atoms with Crippen LogP contribution in [0.1, 0.15) is 19.4 Å². The highest BCUT2D eigenvalue weighted by Crippen LogP contribution is 2.37. The maximum absolute atomic E-state index is 5.64. The molecule has 5 nitrogen and oxygen atoms in total. The van der Waals surface area contributed by atoms with Gasteiger partial charge >= 0.3 is 0 Å². The van der Waals surface area contributed by atoms with Gasteiger partial charge in [-0.3, -0.25) is 0 Å². The molecule has 2 N–H and O–H groups in total. The summed E-state index contributed by atoms with van der Waals surface area (Å²) in [7, 11) is 0. The molecule has 1 aromatic heterocycles. The molecule has 1 aromatic carbocycles. The van der Waals surface area contributed by atoms with E-state index in [1.54, 1.807) is 11.8 Å². The number of aromatic nitrogens is 2. The highest BCUT2D eigenvalue weighted by Gasteiger charge is 2.12. The lowest BCUT2D eigenvalue weighted by Gasteiger charge is -2.13. The van der Waals surface area contributed by atoms with E-state index in [2.05, 4.69) is 26.1 Å². The van der Waals surface area contributed by atoms with Crippen LogP contribution in [0.15, 0.2) is 20.9 Å². The molecule has 114 valence electrons. The van der Waals surface area contributed by atoms with Crippen LogP contribution in [0.5, 0.6) is 11.5 Å². The van der Waals surface area contributed by atoms with Crippen LogP contribution >= 0.6 is 39.0 Å². The lowest BCUT2D eigenvalue weighted by Crippen LogP contribution is -1.99. The summed E-state index contributed by atoms with van der Waals surface area (Å²) in [6.45, 7) is 5.11. The number of thioether (sulfide) groups is 1. The molecule has 0 unspecified atom stereocenters. The van der Waals surface area contributed by atoms with E-state index in [4.69, 9.17) is 15.2 Å². The van der Waals surface area contributed by atoms with Crippen LogP contribution in [0.25, 0.3) is 0 Å². The van der Waals surface area contributed by atoms with Gasteiger partial charge in [-0.25, -0.2) is 0 Å². The summed E-state index contributed by atoms with van der Waals surface area (Å²) in [6.07, 6.45) is 0. The number of benzene rings is 1. The van der Waals surface area contributed by atoms with E-state index in [1.807, 2.05) is 26.0 Å². The van der Waals surface area contributed by atoms with E-state index in [9.17, 15) is 0 Å². The van der Waals surface area contributed by atoms with Gasteiger partial charge in [0.2, 0.25) is 5.13 Å². The summed E-state index contributed by atoms with van der Waals surface area (Å²) in [5, 5.41) is 8.29. The van der Waals surface area contributed by atoms with Gasteiger partial charge in [-0.1, -0.05) is 39.0 Å². The van der Waals surface area contributed by atoms with Gasteiger partial charge in [0.1, 0.15) is 0 Å². The number of hydrogen-bond donors (Lipinski definition) is 1. The maximum Gasteiger partial charge on any atom is 0.203 e. The predicted molar refractivity (Wildman–Crippen MR) is 90.4 cm³/mol. The number of ether oxygens (including phenoxy) is 2. The first-order valence-corrected chi connectivity index (χ1v) is 9.03. The fourth-order valence-corrected chi connectivity index (χ4v) is 3.92. The van der Waals surface area contributed by atoms with Crippen molar-refractivity contribution in [2.24, 2.45) is 0 Å². The highest BCUT2D eigenvalue weighted by molar-refractivity contribution is 9.10. The van der Waals surface area contributed by atoms with Crippen LogP contribution in [0.4, 0.5) is 5.13 Å². The van der Waals surface area contributed by atoms with Gasteiger partial charge in [-0.15, -0.1) is 10.2 Å². The summed E-state index contributed by atoms with van der Waals surface area (Å²) in [4.78, 5) is 0. The quantitative estimate of drug-likeness (QED) is 0.722. The predicted octanol–water partition coefficient (Wildman–Crippen LogP) is 3.97. The fraction of sp³-hybridized carbons (Fsp3) is 0.385. The zero-order valence-electron chi connectivity index (χ0n) is 11.8. The van der Waals surface area contributed by atoms with Gasteiger partial charge in [0.05, 0.1) is 13.2 Å². The normalized spacial score (nSPS) is 10.6. The Kier molecular flexibility index (Phi) is 6.13. The molecule has 21 heavy (non-hydrogen) atoms. The first-order valence-electron chi connectivity index (χ1n) is 6.43. The number of nitrogens with two attached hydrogens (primary N) is 1. The molecule has 0 amide bonds. The standard InChI is InChI=1S/C13H16BrN3O2S2/c1-3-18-10-5-8(9(14)6-11(10)19-4-2)7-20-13-17-16-12(15)21-13/h5-6H,3-4,7H2,1-2H3,(H2,15,16). The summed E-state index contributed by atoms with van der Waals surface area (Å²) in [6, 6.07) is 3.94. The summed E-state index contributed by atoms with van der Waals surface area (Å²) < 4.78 is 13.1. The Bertz CT molecular complexity index is 607. The summed E-state index contributed by atoms with van der Waals surface area (Å²) >= 11 is 6.55. The van der Waals surface area contributed by atoms with Crippen LogP contribution in [-0.2, 0) is 5.75 Å². The molecule has 1 heterocycles. The number of nitrogens with zero attached hydrogens (tertiary/aromatic N) is 2. The summed E-state index contributed by atoms with van der Waals surface area (Å²) in [5.74, 6) is 2.26. The minimum atomic E-state index is 0.485. The Hall–Kier alpha value is -0.990. The molecule has 0 atom stereocenters. The van der Waals surface area contributed by atoms with Crippen molar-refractivity contribution < 1.29 is 9.47 Å². The van der Waals surface area contributed by atoms with E-state index >= 15 is 0 Å². The average Bonchev–Trinajstić information content (AvgIpc) is 2.86. The largest absolute Gasteiger partial charge is 0.490 e. The Labute approximate surface area is 140 Å². The molecule has 2 aromatic rings. The molecule has 0 fully saturated rings. The molecule has 0 bridgehead atoms. The van der Waals surface area contributed by atoms with Gasteiger partial charge in [-0.05, 0) is 31.5 Å². The molecule has 8 heteroatoms. The second-order valence-corrected chi connectivity index (χ2v) is 7.04. The third-order valence-corrected chi connectivity index (χ3v) is 5.16. The molecular weight excluding hydrogens is 374 g/mol. The third kappa shape index (κ3) is 4.49. The molecule has 0 saturated carbocycles. The molecule has 0 radical (unpaired) electrons. The van der Waals surface area contributed by atoms with Crippen LogP contribution in [0.2, 0.25) is 0 Å². The zero-order chi connectivity index (χ0) is 15.2. The summed E-state index contributed by atoms with van der Waals surface area (Å²) in [5.41, 5.74) is 6.69. The minimum absolute atomic E-state index is 0.485. The lowest BCUT2D eigenvalue weighted by molar-refractivity contribution is 0.287. The fourth-order valence-electron chi connectivity index (χ4n) is 1.64. The van der Waals surface area contributed by atoms with Crippen LogP contribution in [-0.4, -0.2) is 23.4 Å². The number of anilines is 1. The van der Waals surface area contributed by atoms with E-state index in [-0.39, 0.29) is 0 Å². The van der Waals surface area contributed by atoms with Crippen molar-refractivity contribution >= 4 is 44.2 Å². The molecule has 2 rings (SSSR count). The van der Waals surface area contributed by atoms with Gasteiger partial charge in [0.15, 0.2) is 15.8 Å². The highest BCUT2D eigenvalue weighted by atomic mass is 79.9. The molecule has 0 saturated heterocycles. The topological polar surface area (TPSA) is 70.3 Å². The minimum Gasteiger partial charge on any atom is -0.490 e. The van der Waals surface area contributed by atoms with Crippen molar-refractivity contribution in [1.82, 2.24) is 10.2 Å². The first-order chi connectivity index (χ1) is 10.1. The van der Waals surface area contributed by atoms with Crippen molar-refractivity contribution in [1.29, 1.82) is 0 Å². The number of halogens is 1. The second kappa shape index (κ2) is 7.86. The van der Waals surface area contributed by atoms with E-state index < -0.39 is 0 Å². The van der Waals surface area contributed by atoms with Gasteiger partial charge in [0.25, 0.3) is 0 Å². The third-order valence-electron chi connectivity index (χ3n) is 2.49. The SMILES string of the molecule is CCOc1cc(Br)c(CSc2nnc(N)s2)cc1OCC. The molecule has 0 spiro atoms. The van der Waals surface area contributed by atoms with E-state index in [1.165, 1.54) is 11.3 Å². The van der Waals surface area contributed by atoms with E-state index in [0.29, 0.717) is 18.3 Å². The Morgan fingerprint density at radius 3 is 2.43 bits per heavy atom. The van der Waals surface area contributed by atoms with Crippen LogP contribution in [0.3, 0.4) is 0 Å². The second-order valence-electron chi connectivity index (χ2n) is 3.95. The molecular formula is C13H16BrN3O2S2. The van der Waals surface area contributed by atoms with Gasteiger partial charge in [-0.2, -0.15) is 0 Å². The van der Waals surface area contributed by atoms with Crippen molar-refractivity contribution in [2.45, 2.75) is 23.9 Å². The van der Waals surface area contributed by atoms with Crippen LogP contribution < -0.4 is 15.2 Å². The molecule has 0 aliphatic heterocycles. The number of hydrogen-bond acceptors (Lipinski definition) is 7. The van der Waals surface area contributed by atoms with Gasteiger partial charge < -0.3 is 15.2 Å². The lowest BCUT2D eigenvalue weighted by atomic mass is 10.2. The monoisotopic (exact) mass is 389 g/mol.